The third-order valence-corrected chi connectivity index (χ3v) is 4.70. The van der Waals surface area contributed by atoms with E-state index in [9.17, 15) is 9.59 Å². The Kier molecular flexibility index (Phi) is 3.62. The molecule has 0 radical (unpaired) electrons. The van der Waals surface area contributed by atoms with E-state index < -0.39 is 0 Å². The number of carbonyl (C=O) groups excluding carboxylic acids is 2. The van der Waals surface area contributed by atoms with Gasteiger partial charge >= 0.3 is 6.03 Å². The molecule has 2 saturated carbocycles. The second kappa shape index (κ2) is 5.39. The smallest absolute Gasteiger partial charge is 0.317 e. The topological polar surface area (TPSA) is 61.4 Å². The van der Waals surface area contributed by atoms with Crippen LogP contribution in [-0.4, -0.2) is 43.0 Å². The summed E-state index contributed by atoms with van der Waals surface area (Å²) in [6, 6.07) is -0.0732. The summed E-state index contributed by atoms with van der Waals surface area (Å²) in [5, 5.41) is 5.59. The fourth-order valence-electron chi connectivity index (χ4n) is 3.31. The van der Waals surface area contributed by atoms with Crippen molar-refractivity contribution in [2.45, 2.75) is 32.1 Å². The van der Waals surface area contributed by atoms with Crippen LogP contribution in [0.15, 0.2) is 0 Å². The maximum atomic E-state index is 12.0. The number of nitrogens with zero attached hydrogens (tertiary/aromatic N) is 1. The highest BCUT2D eigenvalue weighted by molar-refractivity contribution is 5.84. The number of fused-ring (bicyclic) bond motifs is 1. The van der Waals surface area contributed by atoms with Gasteiger partial charge in [0.05, 0.1) is 6.54 Å². The van der Waals surface area contributed by atoms with E-state index in [0.717, 1.165) is 19.6 Å². The maximum absolute atomic E-state index is 12.0. The molecule has 106 valence electrons. The molecule has 0 spiro atoms. The first-order valence-electron chi connectivity index (χ1n) is 7.52. The van der Waals surface area contributed by atoms with Gasteiger partial charge in [0, 0.05) is 19.6 Å². The number of nitrogens with one attached hydrogen (secondary N) is 2. The first-order chi connectivity index (χ1) is 9.22. The minimum atomic E-state index is -0.0732. The molecule has 1 aliphatic heterocycles. The molecule has 3 rings (SSSR count). The van der Waals surface area contributed by atoms with Gasteiger partial charge in [0.1, 0.15) is 0 Å². The van der Waals surface area contributed by atoms with E-state index in [1.54, 1.807) is 0 Å². The summed E-state index contributed by atoms with van der Waals surface area (Å²) in [6.45, 7) is 2.63. The third kappa shape index (κ3) is 3.19. The summed E-state index contributed by atoms with van der Waals surface area (Å²) in [7, 11) is 0. The van der Waals surface area contributed by atoms with E-state index in [2.05, 4.69) is 10.6 Å². The maximum Gasteiger partial charge on any atom is 0.317 e. The summed E-state index contributed by atoms with van der Waals surface area (Å²) < 4.78 is 0. The van der Waals surface area contributed by atoms with Crippen molar-refractivity contribution >= 4 is 11.9 Å². The van der Waals surface area contributed by atoms with Crippen LogP contribution in [0.4, 0.5) is 4.79 Å². The second-order valence-corrected chi connectivity index (χ2v) is 6.26. The Morgan fingerprint density at radius 2 is 1.68 bits per heavy atom. The fourth-order valence-corrected chi connectivity index (χ4v) is 3.31. The number of amides is 3. The van der Waals surface area contributed by atoms with Crippen molar-refractivity contribution in [1.82, 2.24) is 15.5 Å². The number of hydrogen-bond donors (Lipinski definition) is 2. The lowest BCUT2D eigenvalue weighted by Gasteiger charge is -2.17. The van der Waals surface area contributed by atoms with Crippen molar-refractivity contribution in [3.63, 3.8) is 0 Å². The highest BCUT2D eigenvalue weighted by Gasteiger charge is 2.37. The molecule has 0 aromatic heterocycles. The summed E-state index contributed by atoms with van der Waals surface area (Å²) in [5.41, 5.74) is 0. The number of likely N-dealkylation sites (tertiary alicyclic amines) is 1. The first-order valence-corrected chi connectivity index (χ1v) is 7.52. The van der Waals surface area contributed by atoms with Gasteiger partial charge in [0.25, 0.3) is 0 Å². The summed E-state index contributed by atoms with van der Waals surface area (Å²) >= 11 is 0. The van der Waals surface area contributed by atoms with Crippen LogP contribution in [0.2, 0.25) is 0 Å². The fraction of sp³-hybridized carbons (Fsp3) is 0.857. The minimum Gasteiger partial charge on any atom is -0.354 e. The van der Waals surface area contributed by atoms with Gasteiger partial charge in [-0.3, -0.25) is 4.79 Å². The van der Waals surface area contributed by atoms with Crippen LogP contribution in [0.3, 0.4) is 0 Å². The average molecular weight is 265 g/mol. The molecule has 2 unspecified atom stereocenters. The van der Waals surface area contributed by atoms with Gasteiger partial charge < -0.3 is 15.5 Å². The zero-order valence-corrected chi connectivity index (χ0v) is 11.4. The van der Waals surface area contributed by atoms with E-state index >= 15 is 0 Å². The quantitative estimate of drug-likeness (QED) is 0.795. The number of hydrogen-bond acceptors (Lipinski definition) is 2. The van der Waals surface area contributed by atoms with Crippen molar-refractivity contribution in [2.24, 2.45) is 17.8 Å². The molecule has 5 heteroatoms. The van der Waals surface area contributed by atoms with E-state index in [4.69, 9.17) is 0 Å². The van der Waals surface area contributed by atoms with E-state index in [1.807, 2.05) is 4.90 Å². The van der Waals surface area contributed by atoms with Gasteiger partial charge in [-0.1, -0.05) is 6.42 Å². The molecule has 3 fully saturated rings. The monoisotopic (exact) mass is 265 g/mol. The molecule has 0 bridgehead atoms. The lowest BCUT2D eigenvalue weighted by molar-refractivity contribution is -0.120. The Labute approximate surface area is 114 Å². The van der Waals surface area contributed by atoms with Gasteiger partial charge in [-0.2, -0.15) is 0 Å². The van der Waals surface area contributed by atoms with Crippen LogP contribution in [-0.2, 0) is 4.79 Å². The molecule has 19 heavy (non-hydrogen) atoms. The molecule has 3 aliphatic rings. The largest absolute Gasteiger partial charge is 0.354 e. The molecular formula is C14H23N3O2. The molecule has 5 nitrogen and oxygen atoms in total. The van der Waals surface area contributed by atoms with Gasteiger partial charge in [-0.25, -0.2) is 4.79 Å². The van der Waals surface area contributed by atoms with Crippen LogP contribution < -0.4 is 10.6 Å². The third-order valence-electron chi connectivity index (χ3n) is 4.70. The van der Waals surface area contributed by atoms with Crippen molar-refractivity contribution in [3.05, 3.63) is 0 Å². The Bertz CT molecular complexity index is 356. The van der Waals surface area contributed by atoms with Crippen LogP contribution >= 0.6 is 0 Å². The minimum absolute atomic E-state index is 0.0698. The van der Waals surface area contributed by atoms with Gasteiger partial charge in [0.2, 0.25) is 5.91 Å². The van der Waals surface area contributed by atoms with Crippen LogP contribution in [0.25, 0.3) is 0 Å². The molecule has 2 atom stereocenters. The van der Waals surface area contributed by atoms with Crippen LogP contribution in [0, 0.1) is 17.8 Å². The SMILES string of the molecule is O=C(CNC(=O)N1CC2CCCC2C1)NCC1CC1. The van der Waals surface area contributed by atoms with Gasteiger partial charge in [0.15, 0.2) is 0 Å². The molecule has 1 heterocycles. The molecular weight excluding hydrogens is 242 g/mol. The first kappa shape index (κ1) is 12.8. The summed E-state index contributed by atoms with van der Waals surface area (Å²) in [4.78, 5) is 25.4. The van der Waals surface area contributed by atoms with Gasteiger partial charge in [-0.05, 0) is 43.4 Å². The standard InChI is InChI=1S/C14H23N3O2/c18-13(15-6-10-4-5-10)7-16-14(19)17-8-11-2-1-3-12(11)9-17/h10-12H,1-9H2,(H,15,18)(H,16,19). The Morgan fingerprint density at radius 1 is 1.00 bits per heavy atom. The molecule has 0 aromatic carbocycles. The van der Waals surface area contributed by atoms with E-state index in [1.165, 1.54) is 32.1 Å². The zero-order valence-electron chi connectivity index (χ0n) is 11.4. The molecule has 2 N–H and O–H groups in total. The Balaban J connectivity index is 1.35. The van der Waals surface area contributed by atoms with Crippen molar-refractivity contribution in [3.8, 4) is 0 Å². The Hall–Kier alpha value is -1.26. The Morgan fingerprint density at radius 3 is 2.32 bits per heavy atom. The highest BCUT2D eigenvalue weighted by atomic mass is 16.2. The predicted molar refractivity (Wildman–Crippen MR) is 71.5 cm³/mol. The average Bonchev–Trinajstić information content (AvgIpc) is 2.97. The van der Waals surface area contributed by atoms with Crippen molar-refractivity contribution in [2.75, 3.05) is 26.2 Å². The molecule has 3 amide bonds. The van der Waals surface area contributed by atoms with Crippen LogP contribution in [0.1, 0.15) is 32.1 Å². The lowest BCUT2D eigenvalue weighted by atomic mass is 10.0. The van der Waals surface area contributed by atoms with Gasteiger partial charge in [-0.15, -0.1) is 0 Å². The predicted octanol–water partition coefficient (Wildman–Crippen LogP) is 0.954. The zero-order chi connectivity index (χ0) is 13.2. The number of carbonyl (C=O) groups is 2. The molecule has 2 aliphatic carbocycles. The lowest BCUT2D eigenvalue weighted by Crippen LogP contribution is -2.44. The highest BCUT2D eigenvalue weighted by Crippen LogP contribution is 2.37. The molecule has 0 aromatic rings. The number of rotatable bonds is 4. The van der Waals surface area contributed by atoms with Crippen molar-refractivity contribution < 1.29 is 9.59 Å². The molecule has 1 saturated heterocycles. The second-order valence-electron chi connectivity index (χ2n) is 6.26. The van der Waals surface area contributed by atoms with Crippen LogP contribution in [0.5, 0.6) is 0 Å². The van der Waals surface area contributed by atoms with E-state index in [0.29, 0.717) is 17.8 Å². The summed E-state index contributed by atoms with van der Waals surface area (Å²) in [5.74, 6) is 2.01. The van der Waals surface area contributed by atoms with Crippen molar-refractivity contribution in [1.29, 1.82) is 0 Å². The normalized spacial score (nSPS) is 29.2. The van der Waals surface area contributed by atoms with E-state index in [-0.39, 0.29) is 18.5 Å². The summed E-state index contributed by atoms with van der Waals surface area (Å²) in [6.07, 6.45) is 6.29. The number of urea groups is 1.